The third kappa shape index (κ3) is 2.67. The number of carbonyl (C=O) groups is 1. The van der Waals surface area contributed by atoms with Crippen LogP contribution in [-0.2, 0) is 4.79 Å². The first-order valence-electron chi connectivity index (χ1n) is 5.08. The first kappa shape index (κ1) is 12.8. The van der Waals surface area contributed by atoms with Crippen LogP contribution in [0.25, 0.3) is 0 Å². The second-order valence-electron chi connectivity index (χ2n) is 3.62. The summed E-state index contributed by atoms with van der Waals surface area (Å²) in [4.78, 5) is 13.5. The molecular weight excluding hydrogens is 226 g/mol. The third-order valence-corrected chi connectivity index (χ3v) is 2.89. The summed E-state index contributed by atoms with van der Waals surface area (Å²) in [7, 11) is 3.31. The molecule has 1 aromatic rings. The van der Waals surface area contributed by atoms with Gasteiger partial charge in [0.25, 0.3) is 0 Å². The molecule has 1 atom stereocenters. The number of amides is 1. The Hall–Kier alpha value is -1.22. The number of nitrogens with zero attached hydrogens (tertiary/aromatic N) is 1. The van der Waals surface area contributed by atoms with Gasteiger partial charge in [0.1, 0.15) is 5.75 Å². The topological polar surface area (TPSA) is 29.5 Å². The first-order valence-corrected chi connectivity index (χ1v) is 5.61. The Balaban J connectivity index is 2.95. The van der Waals surface area contributed by atoms with Gasteiger partial charge in [-0.3, -0.25) is 4.79 Å². The van der Waals surface area contributed by atoms with Crippen LogP contribution in [0.15, 0.2) is 24.3 Å². The maximum Gasteiger partial charge on any atom is 0.230 e. The summed E-state index contributed by atoms with van der Waals surface area (Å²) >= 11 is 5.67. The number of hydrogen-bond acceptors (Lipinski definition) is 2. The summed E-state index contributed by atoms with van der Waals surface area (Å²) in [5.41, 5.74) is 0.756. The van der Waals surface area contributed by atoms with Crippen molar-refractivity contribution >= 4 is 23.2 Å². The molecule has 0 spiro atoms. The standard InChI is InChI=1S/C12H16ClNO2/c1-9(8-13)12(15)14(2)10-6-4-5-7-11(10)16-3/h4-7,9H,8H2,1-3H3. The average molecular weight is 242 g/mol. The summed E-state index contributed by atoms with van der Waals surface area (Å²) in [6, 6.07) is 7.40. The number of methoxy groups -OCH3 is 1. The molecule has 0 bridgehead atoms. The largest absolute Gasteiger partial charge is 0.495 e. The van der Waals surface area contributed by atoms with E-state index in [2.05, 4.69) is 0 Å². The predicted molar refractivity (Wildman–Crippen MR) is 66.3 cm³/mol. The Morgan fingerprint density at radius 1 is 1.50 bits per heavy atom. The van der Waals surface area contributed by atoms with Crippen molar-refractivity contribution in [1.82, 2.24) is 0 Å². The van der Waals surface area contributed by atoms with Gasteiger partial charge >= 0.3 is 0 Å². The van der Waals surface area contributed by atoms with Crippen LogP contribution in [-0.4, -0.2) is 25.9 Å². The summed E-state index contributed by atoms with van der Waals surface area (Å²) in [6.07, 6.45) is 0. The fraction of sp³-hybridized carbons (Fsp3) is 0.417. The molecule has 88 valence electrons. The van der Waals surface area contributed by atoms with Crippen LogP contribution in [0.2, 0.25) is 0 Å². The first-order chi connectivity index (χ1) is 7.61. The quantitative estimate of drug-likeness (QED) is 0.759. The van der Waals surface area contributed by atoms with Gasteiger partial charge in [0.15, 0.2) is 0 Å². The lowest BCUT2D eigenvalue weighted by Gasteiger charge is -2.22. The molecule has 0 aliphatic carbocycles. The lowest BCUT2D eigenvalue weighted by atomic mass is 10.1. The minimum atomic E-state index is -0.198. The van der Waals surface area contributed by atoms with Gasteiger partial charge < -0.3 is 9.64 Å². The van der Waals surface area contributed by atoms with Gasteiger partial charge in [-0.25, -0.2) is 0 Å². The number of para-hydroxylation sites is 2. The number of carbonyl (C=O) groups excluding carboxylic acids is 1. The van der Waals surface area contributed by atoms with E-state index < -0.39 is 0 Å². The lowest BCUT2D eigenvalue weighted by Crippen LogP contribution is -2.32. The van der Waals surface area contributed by atoms with Crippen molar-refractivity contribution in [2.24, 2.45) is 5.92 Å². The van der Waals surface area contributed by atoms with Crippen molar-refractivity contribution in [3.63, 3.8) is 0 Å². The molecule has 0 heterocycles. The molecule has 0 saturated heterocycles. The molecule has 0 fully saturated rings. The molecule has 0 aliphatic heterocycles. The smallest absolute Gasteiger partial charge is 0.230 e. The average Bonchev–Trinajstić information content (AvgIpc) is 2.35. The highest BCUT2D eigenvalue weighted by atomic mass is 35.5. The zero-order valence-corrected chi connectivity index (χ0v) is 10.5. The van der Waals surface area contributed by atoms with Gasteiger partial charge in [0.2, 0.25) is 5.91 Å². The van der Waals surface area contributed by atoms with E-state index in [9.17, 15) is 4.79 Å². The molecular formula is C12H16ClNO2. The number of ether oxygens (including phenoxy) is 1. The van der Waals surface area contributed by atoms with Gasteiger partial charge in [-0.1, -0.05) is 19.1 Å². The molecule has 1 aromatic carbocycles. The fourth-order valence-corrected chi connectivity index (χ4v) is 1.55. The molecule has 1 unspecified atom stereocenters. The Labute approximate surface area is 101 Å². The minimum absolute atomic E-state index is 0.0144. The number of benzene rings is 1. The molecule has 0 saturated carbocycles. The molecule has 1 amide bonds. The van der Waals surface area contributed by atoms with Gasteiger partial charge in [-0.2, -0.15) is 0 Å². The molecule has 3 nitrogen and oxygen atoms in total. The van der Waals surface area contributed by atoms with Crippen molar-refractivity contribution in [3.05, 3.63) is 24.3 Å². The Kier molecular flexibility index (Phi) is 4.62. The molecule has 16 heavy (non-hydrogen) atoms. The van der Waals surface area contributed by atoms with Crippen LogP contribution < -0.4 is 9.64 Å². The van der Waals surface area contributed by atoms with E-state index in [4.69, 9.17) is 16.3 Å². The van der Waals surface area contributed by atoms with E-state index >= 15 is 0 Å². The number of anilines is 1. The number of rotatable bonds is 4. The summed E-state index contributed by atoms with van der Waals surface area (Å²) in [5.74, 6) is 0.786. The van der Waals surface area contributed by atoms with Crippen molar-refractivity contribution in [2.45, 2.75) is 6.92 Å². The van der Waals surface area contributed by atoms with E-state index in [-0.39, 0.29) is 11.8 Å². The van der Waals surface area contributed by atoms with E-state index in [0.717, 1.165) is 5.69 Å². The number of hydrogen-bond donors (Lipinski definition) is 0. The number of halogens is 1. The summed E-state index contributed by atoms with van der Waals surface area (Å²) in [6.45, 7) is 1.81. The van der Waals surface area contributed by atoms with E-state index in [1.54, 1.807) is 26.0 Å². The normalized spacial score (nSPS) is 12.0. The summed E-state index contributed by atoms with van der Waals surface area (Å²) in [5, 5.41) is 0. The SMILES string of the molecule is COc1ccccc1N(C)C(=O)C(C)CCl. The van der Waals surface area contributed by atoms with Crippen molar-refractivity contribution < 1.29 is 9.53 Å². The van der Waals surface area contributed by atoms with E-state index in [1.807, 2.05) is 24.3 Å². The predicted octanol–water partition coefficient (Wildman–Crippen LogP) is 2.53. The van der Waals surface area contributed by atoms with Gasteiger partial charge in [-0.15, -0.1) is 11.6 Å². The van der Waals surface area contributed by atoms with Crippen LogP contribution in [0.3, 0.4) is 0 Å². The molecule has 0 aromatic heterocycles. The van der Waals surface area contributed by atoms with E-state index in [1.165, 1.54) is 0 Å². The van der Waals surface area contributed by atoms with E-state index in [0.29, 0.717) is 11.6 Å². The highest BCUT2D eigenvalue weighted by Crippen LogP contribution is 2.27. The van der Waals surface area contributed by atoms with Crippen LogP contribution >= 0.6 is 11.6 Å². The highest BCUT2D eigenvalue weighted by molar-refractivity contribution is 6.19. The Bertz CT molecular complexity index is 368. The molecule has 0 radical (unpaired) electrons. The van der Waals surface area contributed by atoms with Crippen molar-refractivity contribution in [2.75, 3.05) is 24.9 Å². The Morgan fingerprint density at radius 2 is 2.12 bits per heavy atom. The van der Waals surface area contributed by atoms with Crippen molar-refractivity contribution in [1.29, 1.82) is 0 Å². The Morgan fingerprint density at radius 3 is 2.69 bits per heavy atom. The highest BCUT2D eigenvalue weighted by Gasteiger charge is 2.19. The molecule has 0 N–H and O–H groups in total. The maximum atomic E-state index is 11.9. The zero-order chi connectivity index (χ0) is 12.1. The second kappa shape index (κ2) is 5.75. The monoisotopic (exact) mass is 241 g/mol. The van der Waals surface area contributed by atoms with Crippen LogP contribution in [0, 0.1) is 5.92 Å². The van der Waals surface area contributed by atoms with Crippen molar-refractivity contribution in [3.8, 4) is 5.75 Å². The summed E-state index contributed by atoms with van der Waals surface area (Å²) < 4.78 is 5.20. The molecule has 4 heteroatoms. The van der Waals surface area contributed by atoms with Crippen LogP contribution in [0.5, 0.6) is 5.75 Å². The van der Waals surface area contributed by atoms with Crippen LogP contribution in [0.1, 0.15) is 6.92 Å². The third-order valence-electron chi connectivity index (χ3n) is 2.43. The van der Waals surface area contributed by atoms with Crippen LogP contribution in [0.4, 0.5) is 5.69 Å². The maximum absolute atomic E-state index is 11.9. The molecule has 0 aliphatic rings. The van der Waals surface area contributed by atoms with Gasteiger partial charge in [0, 0.05) is 18.8 Å². The van der Waals surface area contributed by atoms with Gasteiger partial charge in [-0.05, 0) is 12.1 Å². The lowest BCUT2D eigenvalue weighted by molar-refractivity contribution is -0.121. The van der Waals surface area contributed by atoms with Gasteiger partial charge in [0.05, 0.1) is 12.8 Å². The number of alkyl halides is 1. The molecule has 1 rings (SSSR count). The second-order valence-corrected chi connectivity index (χ2v) is 3.93. The fourth-order valence-electron chi connectivity index (χ4n) is 1.42. The zero-order valence-electron chi connectivity index (χ0n) is 9.74. The minimum Gasteiger partial charge on any atom is -0.495 e.